The third-order valence-corrected chi connectivity index (χ3v) is 17.8. The molecule has 0 saturated carbocycles. The Morgan fingerprint density at radius 2 is 0.711 bits per heavy atom. The standard InChI is InChI=1S/C71H129NO18/c1-3-5-7-9-11-13-15-17-19-21-22-23-24-25-26-27-28-29-30-31-32-33-35-37-39-41-43-45-47-49-59(77)72-54(55(76)48-46-44-42-40-38-36-34-20-18-16-14-12-10-8-6-4-2)53-85-69-65(83)62(80)67(57(51-74)87-69)90-71-66(84)63(81)68(58(52-75)88-71)89-70-64(82)61(79)60(78)56(50-73)86-70/h18,20-22,38,40,46,48,54-58,60-71,73-76,78-84H,3-17,19,23-37,39,41-45,47,49-53H2,1-2H3,(H,72,77)/b20-18+,22-21-,40-38+,48-46+. The van der Waals surface area contributed by atoms with Crippen molar-refractivity contribution in [2.24, 2.45) is 0 Å². The summed E-state index contributed by atoms with van der Waals surface area (Å²) < 4.78 is 34.3. The van der Waals surface area contributed by atoms with E-state index in [-0.39, 0.29) is 18.9 Å². The molecule has 3 saturated heterocycles. The van der Waals surface area contributed by atoms with E-state index in [2.05, 4.69) is 55.6 Å². The van der Waals surface area contributed by atoms with Crippen molar-refractivity contribution in [3.63, 3.8) is 0 Å². The zero-order valence-electron chi connectivity index (χ0n) is 55.6. The Balaban J connectivity index is 1.40. The van der Waals surface area contributed by atoms with E-state index in [1.54, 1.807) is 6.08 Å². The van der Waals surface area contributed by atoms with Crippen LogP contribution in [0.5, 0.6) is 0 Å². The number of amides is 1. The molecule has 3 heterocycles. The fourth-order valence-corrected chi connectivity index (χ4v) is 12.0. The molecule has 1 amide bonds. The Kier molecular flexibility index (Phi) is 48.2. The van der Waals surface area contributed by atoms with E-state index in [9.17, 15) is 61.0 Å². The van der Waals surface area contributed by atoms with Crippen molar-refractivity contribution in [3.05, 3.63) is 48.6 Å². The summed E-state index contributed by atoms with van der Waals surface area (Å²) in [5.74, 6) is -0.287. The second-order valence-corrected chi connectivity index (χ2v) is 25.7. The Bertz CT molecular complexity index is 1820. The van der Waals surface area contributed by atoms with Crippen LogP contribution >= 0.6 is 0 Å². The number of hydrogen-bond donors (Lipinski definition) is 12. The molecule has 0 bridgehead atoms. The molecule has 19 nitrogen and oxygen atoms in total. The van der Waals surface area contributed by atoms with E-state index in [1.807, 2.05) is 6.08 Å². The lowest BCUT2D eigenvalue weighted by molar-refractivity contribution is -0.379. The number of carbonyl (C=O) groups is 1. The zero-order chi connectivity index (χ0) is 65.4. The first kappa shape index (κ1) is 82.0. The van der Waals surface area contributed by atoms with Gasteiger partial charge in [0.15, 0.2) is 18.9 Å². The minimum absolute atomic E-state index is 0.234. The summed E-state index contributed by atoms with van der Waals surface area (Å²) in [4.78, 5) is 13.4. The van der Waals surface area contributed by atoms with Crippen molar-refractivity contribution in [1.29, 1.82) is 0 Å². The lowest BCUT2D eigenvalue weighted by Gasteiger charge is -2.48. The molecule has 526 valence electrons. The topological polar surface area (TPSA) is 307 Å². The van der Waals surface area contributed by atoms with Crippen LogP contribution in [-0.4, -0.2) is 193 Å². The molecule has 3 rings (SSSR count). The molecule has 0 aromatic heterocycles. The van der Waals surface area contributed by atoms with Gasteiger partial charge in [0.25, 0.3) is 0 Å². The fourth-order valence-electron chi connectivity index (χ4n) is 12.0. The van der Waals surface area contributed by atoms with E-state index in [0.717, 1.165) is 44.9 Å². The van der Waals surface area contributed by atoms with E-state index in [0.29, 0.717) is 12.8 Å². The lowest BCUT2D eigenvalue weighted by Crippen LogP contribution is -2.66. The number of ether oxygens (including phenoxy) is 6. The molecule has 19 heteroatoms. The van der Waals surface area contributed by atoms with Gasteiger partial charge in [0, 0.05) is 6.42 Å². The van der Waals surface area contributed by atoms with Crippen molar-refractivity contribution < 1.29 is 89.4 Å². The molecule has 17 atom stereocenters. The maximum Gasteiger partial charge on any atom is 0.220 e. The highest BCUT2D eigenvalue weighted by atomic mass is 16.8. The van der Waals surface area contributed by atoms with E-state index >= 15 is 0 Å². The molecule has 3 fully saturated rings. The number of nitrogens with one attached hydrogen (secondary N) is 1. The van der Waals surface area contributed by atoms with Crippen LogP contribution in [-0.2, 0) is 33.2 Å². The molecular formula is C71H129NO18. The number of aliphatic hydroxyl groups excluding tert-OH is 11. The van der Waals surface area contributed by atoms with E-state index < -0.39 is 124 Å². The maximum atomic E-state index is 13.4. The van der Waals surface area contributed by atoms with Gasteiger partial charge in [-0.2, -0.15) is 0 Å². The summed E-state index contributed by atoms with van der Waals surface area (Å²) >= 11 is 0. The number of unbranched alkanes of at least 4 members (excludes halogenated alkanes) is 33. The molecule has 3 aliphatic heterocycles. The molecule has 90 heavy (non-hydrogen) atoms. The van der Waals surface area contributed by atoms with Crippen LogP contribution in [0.2, 0.25) is 0 Å². The molecule has 0 aromatic carbocycles. The Morgan fingerprint density at radius 1 is 0.389 bits per heavy atom. The number of aliphatic hydroxyl groups is 11. The summed E-state index contributed by atoms with van der Waals surface area (Å²) in [6.07, 6.45) is 36.7. The smallest absolute Gasteiger partial charge is 0.220 e. The third kappa shape index (κ3) is 34.4. The fraction of sp³-hybridized carbons (Fsp3) is 0.873. The molecule has 0 aromatic rings. The SMILES string of the molecule is CCCCCCCC/C=C/CC/C=C/CC/C=C/C(O)C(COC1OC(CO)C(OC2OC(CO)C(OC3OC(CO)C(O)C(O)C3O)C(O)C2O)C(O)C1O)NC(=O)CCCCCCCCCCCCCCCCCCC/C=C\CCCCCCCCCC. The van der Waals surface area contributed by atoms with Crippen LogP contribution in [0.3, 0.4) is 0 Å². The molecule has 17 unspecified atom stereocenters. The second kappa shape index (κ2) is 53.0. The predicted octanol–water partition coefficient (Wildman–Crippen LogP) is 9.78. The predicted molar refractivity (Wildman–Crippen MR) is 351 cm³/mol. The average molecular weight is 1280 g/mol. The minimum Gasteiger partial charge on any atom is -0.394 e. The van der Waals surface area contributed by atoms with Crippen LogP contribution in [0, 0.1) is 0 Å². The highest BCUT2D eigenvalue weighted by Crippen LogP contribution is 2.33. The molecule has 0 radical (unpaired) electrons. The summed E-state index contributed by atoms with van der Waals surface area (Å²) in [5, 5.41) is 120. The number of rotatable bonds is 55. The first-order valence-corrected chi connectivity index (χ1v) is 35.9. The average Bonchev–Trinajstić information content (AvgIpc) is 1.05. The highest BCUT2D eigenvalue weighted by Gasteiger charge is 2.53. The molecular weight excluding hydrogens is 1150 g/mol. The zero-order valence-corrected chi connectivity index (χ0v) is 55.6. The minimum atomic E-state index is -1.98. The number of carbonyl (C=O) groups excluding carboxylic acids is 1. The normalized spacial score (nSPS) is 28.3. The number of hydrogen-bond acceptors (Lipinski definition) is 18. The molecule has 12 N–H and O–H groups in total. The van der Waals surface area contributed by atoms with Crippen molar-refractivity contribution in [2.75, 3.05) is 26.4 Å². The summed E-state index contributed by atoms with van der Waals surface area (Å²) in [6, 6.07) is -0.996. The summed E-state index contributed by atoms with van der Waals surface area (Å²) in [7, 11) is 0. The Hall–Kier alpha value is -2.25. The largest absolute Gasteiger partial charge is 0.394 e. The summed E-state index contributed by atoms with van der Waals surface area (Å²) in [6.45, 7) is 1.71. The van der Waals surface area contributed by atoms with E-state index in [1.165, 1.54) is 186 Å². The van der Waals surface area contributed by atoms with Gasteiger partial charge in [-0.05, 0) is 70.6 Å². The van der Waals surface area contributed by atoms with Crippen LogP contribution in [0.4, 0.5) is 0 Å². The summed E-state index contributed by atoms with van der Waals surface area (Å²) in [5.41, 5.74) is 0. The van der Waals surface area contributed by atoms with Gasteiger partial charge in [0.05, 0.1) is 38.6 Å². The van der Waals surface area contributed by atoms with Gasteiger partial charge in [0.1, 0.15) is 73.2 Å². The van der Waals surface area contributed by atoms with Crippen molar-refractivity contribution in [3.8, 4) is 0 Å². The maximum absolute atomic E-state index is 13.4. The van der Waals surface area contributed by atoms with Gasteiger partial charge < -0.3 is 89.9 Å². The number of allylic oxidation sites excluding steroid dienone is 7. The van der Waals surface area contributed by atoms with Crippen molar-refractivity contribution in [2.45, 2.75) is 369 Å². The van der Waals surface area contributed by atoms with Gasteiger partial charge in [-0.15, -0.1) is 0 Å². The highest BCUT2D eigenvalue weighted by molar-refractivity contribution is 5.76. The van der Waals surface area contributed by atoms with Gasteiger partial charge >= 0.3 is 0 Å². The van der Waals surface area contributed by atoms with Crippen molar-refractivity contribution in [1.82, 2.24) is 5.32 Å². The molecule has 0 spiro atoms. The van der Waals surface area contributed by atoms with E-state index in [4.69, 9.17) is 28.4 Å². The second-order valence-electron chi connectivity index (χ2n) is 25.7. The third-order valence-electron chi connectivity index (χ3n) is 17.8. The quantitative estimate of drug-likeness (QED) is 0.0199. The first-order chi connectivity index (χ1) is 43.8. The Labute approximate surface area is 542 Å². The Morgan fingerprint density at radius 3 is 1.11 bits per heavy atom. The monoisotopic (exact) mass is 1280 g/mol. The van der Waals surface area contributed by atoms with Crippen LogP contribution in [0.25, 0.3) is 0 Å². The first-order valence-electron chi connectivity index (χ1n) is 35.9. The lowest BCUT2D eigenvalue weighted by atomic mass is 9.96. The van der Waals surface area contributed by atoms with Crippen LogP contribution in [0.15, 0.2) is 48.6 Å². The molecule has 3 aliphatic rings. The van der Waals surface area contributed by atoms with Gasteiger partial charge in [-0.25, -0.2) is 0 Å². The van der Waals surface area contributed by atoms with Crippen LogP contribution < -0.4 is 5.32 Å². The van der Waals surface area contributed by atoms with Gasteiger partial charge in [-0.1, -0.05) is 236 Å². The van der Waals surface area contributed by atoms with Gasteiger partial charge in [0.2, 0.25) is 5.91 Å². The molecule has 0 aliphatic carbocycles. The van der Waals surface area contributed by atoms with Crippen LogP contribution in [0.1, 0.15) is 264 Å². The van der Waals surface area contributed by atoms with Crippen molar-refractivity contribution >= 4 is 5.91 Å². The van der Waals surface area contributed by atoms with Gasteiger partial charge in [-0.3, -0.25) is 4.79 Å².